The van der Waals surface area contributed by atoms with Crippen molar-refractivity contribution in [1.29, 1.82) is 0 Å². The summed E-state index contributed by atoms with van der Waals surface area (Å²) in [5, 5.41) is 0.0807. The predicted molar refractivity (Wildman–Crippen MR) is 61.1 cm³/mol. The lowest BCUT2D eigenvalue weighted by Gasteiger charge is -2.29. The molecule has 0 bridgehead atoms. The smallest absolute Gasteiger partial charge is 0.256 e. The second-order valence-corrected chi connectivity index (χ2v) is 4.71. The van der Waals surface area contributed by atoms with Gasteiger partial charge in [-0.15, -0.1) is 11.6 Å². The van der Waals surface area contributed by atoms with Crippen LogP contribution in [0, 0.1) is 11.6 Å². The number of amides is 1. The lowest BCUT2D eigenvalue weighted by molar-refractivity contribution is 0.0721. The second-order valence-electron chi connectivity index (χ2n) is 4.09. The lowest BCUT2D eigenvalue weighted by atomic mass is 10.1. The molecular weight excluding hydrogens is 248 g/mol. The van der Waals surface area contributed by atoms with Gasteiger partial charge in [0, 0.05) is 24.5 Å². The minimum absolute atomic E-state index is 0.0807. The summed E-state index contributed by atoms with van der Waals surface area (Å²) >= 11 is 5.92. The van der Waals surface area contributed by atoms with Gasteiger partial charge in [0.15, 0.2) is 0 Å². The zero-order chi connectivity index (χ0) is 12.4. The van der Waals surface area contributed by atoms with Crippen LogP contribution in [0.3, 0.4) is 0 Å². The van der Waals surface area contributed by atoms with Crippen molar-refractivity contribution in [2.45, 2.75) is 18.2 Å². The van der Waals surface area contributed by atoms with Gasteiger partial charge in [-0.25, -0.2) is 8.78 Å². The third-order valence-corrected chi connectivity index (χ3v) is 3.31. The molecule has 1 aliphatic heterocycles. The van der Waals surface area contributed by atoms with Gasteiger partial charge in [0.05, 0.1) is 5.56 Å². The van der Waals surface area contributed by atoms with Crippen molar-refractivity contribution >= 4 is 17.5 Å². The Morgan fingerprint density at radius 2 is 1.94 bits per heavy atom. The summed E-state index contributed by atoms with van der Waals surface area (Å²) in [6.45, 7) is 1.04. The molecule has 0 spiro atoms. The molecular formula is C12H12ClF2NO. The molecule has 0 aliphatic carbocycles. The summed E-state index contributed by atoms with van der Waals surface area (Å²) in [6, 6.07) is 2.99. The molecule has 1 aromatic rings. The van der Waals surface area contributed by atoms with Gasteiger partial charge >= 0.3 is 0 Å². The van der Waals surface area contributed by atoms with Gasteiger partial charge in [-0.2, -0.15) is 0 Å². The normalized spacial score (nSPS) is 17.2. The maximum atomic E-state index is 13.4. The Kier molecular flexibility index (Phi) is 3.62. The van der Waals surface area contributed by atoms with Crippen LogP contribution in [0.15, 0.2) is 18.2 Å². The Morgan fingerprint density at radius 1 is 1.29 bits per heavy atom. The van der Waals surface area contributed by atoms with Crippen LogP contribution in [-0.2, 0) is 0 Å². The Labute approximate surface area is 103 Å². The molecule has 1 saturated heterocycles. The quantitative estimate of drug-likeness (QED) is 0.710. The minimum atomic E-state index is -0.817. The maximum Gasteiger partial charge on any atom is 0.256 e. The van der Waals surface area contributed by atoms with Gasteiger partial charge in [-0.1, -0.05) is 0 Å². The SMILES string of the molecule is O=C(c1ccc(F)cc1F)N1CCC(Cl)CC1. The summed E-state index contributed by atoms with van der Waals surface area (Å²) in [7, 11) is 0. The highest BCUT2D eigenvalue weighted by Gasteiger charge is 2.24. The van der Waals surface area contributed by atoms with E-state index in [0.717, 1.165) is 12.1 Å². The number of piperidine rings is 1. The molecule has 2 rings (SSSR count). The van der Waals surface area contributed by atoms with Gasteiger partial charge in [0.2, 0.25) is 0 Å². The van der Waals surface area contributed by atoms with E-state index in [2.05, 4.69) is 0 Å². The number of nitrogens with zero attached hydrogens (tertiary/aromatic N) is 1. The number of carbonyl (C=O) groups excluding carboxylic acids is 1. The van der Waals surface area contributed by atoms with Crippen molar-refractivity contribution in [1.82, 2.24) is 4.90 Å². The molecule has 2 nitrogen and oxygen atoms in total. The van der Waals surface area contributed by atoms with Crippen molar-refractivity contribution in [3.63, 3.8) is 0 Å². The van der Waals surface area contributed by atoms with Gasteiger partial charge in [0.25, 0.3) is 5.91 Å². The van der Waals surface area contributed by atoms with Crippen molar-refractivity contribution < 1.29 is 13.6 Å². The molecule has 1 amide bonds. The van der Waals surface area contributed by atoms with Gasteiger partial charge in [0.1, 0.15) is 11.6 Å². The van der Waals surface area contributed by atoms with E-state index in [0.29, 0.717) is 25.9 Å². The van der Waals surface area contributed by atoms with Crippen LogP contribution >= 0.6 is 11.6 Å². The minimum Gasteiger partial charge on any atom is -0.338 e. The molecule has 0 saturated carbocycles. The van der Waals surface area contributed by atoms with E-state index in [-0.39, 0.29) is 10.9 Å². The molecule has 0 atom stereocenters. The number of benzene rings is 1. The Morgan fingerprint density at radius 3 is 2.53 bits per heavy atom. The van der Waals surface area contributed by atoms with E-state index in [4.69, 9.17) is 11.6 Å². The Bertz CT molecular complexity index is 431. The fourth-order valence-electron chi connectivity index (χ4n) is 1.88. The van der Waals surface area contributed by atoms with Gasteiger partial charge in [-0.05, 0) is 25.0 Å². The van der Waals surface area contributed by atoms with E-state index in [1.54, 1.807) is 4.90 Å². The van der Waals surface area contributed by atoms with Crippen molar-refractivity contribution in [3.05, 3.63) is 35.4 Å². The fraction of sp³-hybridized carbons (Fsp3) is 0.417. The van der Waals surface area contributed by atoms with Crippen LogP contribution in [0.25, 0.3) is 0 Å². The maximum absolute atomic E-state index is 13.4. The van der Waals surface area contributed by atoms with Gasteiger partial charge in [-0.3, -0.25) is 4.79 Å². The highest BCUT2D eigenvalue weighted by molar-refractivity contribution is 6.20. The highest BCUT2D eigenvalue weighted by atomic mass is 35.5. The average molecular weight is 260 g/mol. The molecule has 5 heteroatoms. The predicted octanol–water partition coefficient (Wildman–Crippen LogP) is 2.81. The first-order valence-corrected chi connectivity index (χ1v) is 5.90. The fourth-order valence-corrected chi connectivity index (χ4v) is 2.08. The molecule has 0 N–H and O–H groups in total. The Balaban J connectivity index is 2.14. The molecule has 1 aromatic carbocycles. The number of halogens is 3. The van der Waals surface area contributed by atoms with Crippen molar-refractivity contribution in [3.8, 4) is 0 Å². The monoisotopic (exact) mass is 259 g/mol. The molecule has 1 heterocycles. The summed E-state index contributed by atoms with van der Waals surface area (Å²) in [4.78, 5) is 13.5. The Hall–Kier alpha value is -1.16. The molecule has 0 unspecified atom stereocenters. The second kappa shape index (κ2) is 5.00. The number of likely N-dealkylation sites (tertiary alicyclic amines) is 1. The van der Waals surface area contributed by atoms with Crippen LogP contribution in [0.1, 0.15) is 23.2 Å². The third-order valence-electron chi connectivity index (χ3n) is 2.87. The third kappa shape index (κ3) is 2.75. The molecule has 1 aliphatic rings. The number of hydrogen-bond donors (Lipinski definition) is 0. The van der Waals surface area contributed by atoms with Gasteiger partial charge < -0.3 is 4.90 Å². The number of alkyl halides is 1. The first-order valence-electron chi connectivity index (χ1n) is 5.46. The van der Waals surface area contributed by atoms with E-state index < -0.39 is 17.5 Å². The zero-order valence-electron chi connectivity index (χ0n) is 9.13. The molecule has 0 radical (unpaired) electrons. The summed E-state index contributed by atoms with van der Waals surface area (Å²) < 4.78 is 26.1. The van der Waals surface area contributed by atoms with Crippen LogP contribution in [0.4, 0.5) is 8.78 Å². The summed E-state index contributed by atoms with van der Waals surface area (Å²) in [5.74, 6) is -1.90. The highest BCUT2D eigenvalue weighted by Crippen LogP contribution is 2.19. The van der Waals surface area contributed by atoms with Crippen LogP contribution in [0.5, 0.6) is 0 Å². The van der Waals surface area contributed by atoms with Crippen molar-refractivity contribution in [2.75, 3.05) is 13.1 Å². The molecule has 0 aromatic heterocycles. The largest absolute Gasteiger partial charge is 0.338 e. The summed E-state index contributed by atoms with van der Waals surface area (Å²) in [6.07, 6.45) is 1.41. The number of hydrogen-bond acceptors (Lipinski definition) is 1. The van der Waals surface area contributed by atoms with Crippen LogP contribution < -0.4 is 0 Å². The van der Waals surface area contributed by atoms with Crippen molar-refractivity contribution in [2.24, 2.45) is 0 Å². The molecule has 17 heavy (non-hydrogen) atoms. The average Bonchev–Trinajstić information content (AvgIpc) is 2.29. The first-order chi connectivity index (χ1) is 8.08. The number of rotatable bonds is 1. The van der Waals surface area contributed by atoms with E-state index in [1.807, 2.05) is 0 Å². The first kappa shape index (κ1) is 12.3. The van der Waals surface area contributed by atoms with Crippen LogP contribution in [-0.4, -0.2) is 29.3 Å². The summed E-state index contributed by atoms with van der Waals surface area (Å²) in [5.41, 5.74) is -0.0839. The van der Waals surface area contributed by atoms with E-state index in [1.165, 1.54) is 6.07 Å². The standard InChI is InChI=1S/C12H12ClF2NO/c13-8-3-5-16(6-4-8)12(17)10-2-1-9(14)7-11(10)15/h1-2,7-8H,3-6H2. The topological polar surface area (TPSA) is 20.3 Å². The molecule has 1 fully saturated rings. The molecule has 92 valence electrons. The van der Waals surface area contributed by atoms with Crippen LogP contribution in [0.2, 0.25) is 0 Å². The zero-order valence-corrected chi connectivity index (χ0v) is 9.88. The van der Waals surface area contributed by atoms with E-state index in [9.17, 15) is 13.6 Å². The lowest BCUT2D eigenvalue weighted by Crippen LogP contribution is -2.39. The van der Waals surface area contributed by atoms with E-state index >= 15 is 0 Å². The number of carbonyl (C=O) groups is 1.